The minimum atomic E-state index is -0.860. The van der Waals surface area contributed by atoms with Gasteiger partial charge < -0.3 is 15.4 Å². The zero-order valence-electron chi connectivity index (χ0n) is 13.4. The van der Waals surface area contributed by atoms with Crippen molar-refractivity contribution in [3.63, 3.8) is 0 Å². The fourth-order valence-electron chi connectivity index (χ4n) is 2.68. The van der Waals surface area contributed by atoms with Gasteiger partial charge in [-0.2, -0.15) is 0 Å². The van der Waals surface area contributed by atoms with Crippen LogP contribution in [0.3, 0.4) is 0 Å². The van der Waals surface area contributed by atoms with Gasteiger partial charge in [-0.05, 0) is 25.0 Å². The molecular weight excluding hydrogens is 296 g/mol. The minimum Gasteiger partial charge on any atom is -0.466 e. The van der Waals surface area contributed by atoms with Gasteiger partial charge >= 0.3 is 5.97 Å². The second-order valence-corrected chi connectivity index (χ2v) is 5.34. The first-order chi connectivity index (χ1) is 11.0. The Kier molecular flexibility index (Phi) is 5.16. The normalized spacial score (nSPS) is 17.5. The summed E-state index contributed by atoms with van der Waals surface area (Å²) in [6, 6.07) is 7.44. The Morgan fingerprint density at radius 1 is 1.35 bits per heavy atom. The average molecular weight is 316 g/mol. The van der Waals surface area contributed by atoms with Gasteiger partial charge in [0.2, 0.25) is 11.8 Å². The molecule has 0 bridgehead atoms. The molecule has 23 heavy (non-hydrogen) atoms. The summed E-state index contributed by atoms with van der Waals surface area (Å²) in [5.41, 5.74) is 2.23. The van der Waals surface area contributed by atoms with E-state index in [4.69, 9.17) is 4.74 Å². The van der Waals surface area contributed by atoms with Gasteiger partial charge in [-0.1, -0.05) is 25.1 Å². The van der Waals surface area contributed by atoms with Gasteiger partial charge in [0.05, 0.1) is 18.6 Å². The summed E-state index contributed by atoms with van der Waals surface area (Å²) in [6.45, 7) is 3.58. The quantitative estimate of drug-likeness (QED) is 0.829. The standard InChI is InChI=1S/C17H20N2O4/c1-4-11-7-5-6-8-13(11)19-16(21)12-9-14(20)18-10(2)15(12)17(22)23-3/h5-8,12H,4,9H2,1-3H3,(H,18,20)(H,19,21)/t12-/m0/s1. The third-order valence-electron chi connectivity index (χ3n) is 3.85. The summed E-state index contributed by atoms with van der Waals surface area (Å²) in [5.74, 6) is -2.15. The lowest BCUT2D eigenvalue weighted by Crippen LogP contribution is -2.40. The molecule has 2 rings (SSSR count). The molecule has 122 valence electrons. The zero-order chi connectivity index (χ0) is 17.0. The molecule has 6 nitrogen and oxygen atoms in total. The van der Waals surface area contributed by atoms with E-state index >= 15 is 0 Å². The van der Waals surface area contributed by atoms with Gasteiger partial charge in [0, 0.05) is 17.8 Å². The van der Waals surface area contributed by atoms with Gasteiger partial charge in [-0.15, -0.1) is 0 Å². The Hall–Kier alpha value is -2.63. The lowest BCUT2D eigenvalue weighted by molar-refractivity contribution is -0.139. The van der Waals surface area contributed by atoms with Crippen LogP contribution in [0.1, 0.15) is 25.8 Å². The number of methoxy groups -OCH3 is 1. The lowest BCUT2D eigenvalue weighted by atomic mass is 9.89. The van der Waals surface area contributed by atoms with E-state index in [1.807, 2.05) is 25.1 Å². The van der Waals surface area contributed by atoms with Crippen LogP contribution in [0, 0.1) is 5.92 Å². The zero-order valence-corrected chi connectivity index (χ0v) is 13.4. The van der Waals surface area contributed by atoms with E-state index in [2.05, 4.69) is 10.6 Å². The van der Waals surface area contributed by atoms with Gasteiger partial charge in [0.1, 0.15) is 0 Å². The Morgan fingerprint density at radius 2 is 2.04 bits per heavy atom. The number of hydrogen-bond donors (Lipinski definition) is 2. The molecule has 0 spiro atoms. The van der Waals surface area contributed by atoms with Crippen molar-refractivity contribution in [3.05, 3.63) is 41.1 Å². The predicted molar refractivity (Wildman–Crippen MR) is 85.4 cm³/mol. The molecule has 1 aliphatic rings. The number of ether oxygens (including phenoxy) is 1. The number of carbonyl (C=O) groups is 3. The van der Waals surface area contributed by atoms with Crippen LogP contribution >= 0.6 is 0 Å². The van der Waals surface area contributed by atoms with Gasteiger partial charge in [0.25, 0.3) is 0 Å². The van der Waals surface area contributed by atoms with Crippen LogP contribution in [0.25, 0.3) is 0 Å². The largest absolute Gasteiger partial charge is 0.466 e. The van der Waals surface area contributed by atoms with Crippen molar-refractivity contribution >= 4 is 23.5 Å². The molecule has 1 aliphatic heterocycles. The van der Waals surface area contributed by atoms with E-state index < -0.39 is 11.9 Å². The Balaban J connectivity index is 2.30. The molecule has 0 aromatic heterocycles. The molecular formula is C17H20N2O4. The first-order valence-electron chi connectivity index (χ1n) is 7.45. The van der Waals surface area contributed by atoms with Gasteiger partial charge in [-0.25, -0.2) is 4.79 Å². The monoisotopic (exact) mass is 316 g/mol. The van der Waals surface area contributed by atoms with E-state index in [9.17, 15) is 14.4 Å². The number of para-hydroxylation sites is 1. The highest BCUT2D eigenvalue weighted by Gasteiger charge is 2.36. The number of allylic oxidation sites excluding steroid dienone is 1. The number of carbonyl (C=O) groups excluding carboxylic acids is 3. The van der Waals surface area contributed by atoms with Crippen molar-refractivity contribution < 1.29 is 19.1 Å². The summed E-state index contributed by atoms with van der Waals surface area (Å²) in [6.07, 6.45) is 0.683. The Labute approximate surface area is 134 Å². The van der Waals surface area contributed by atoms with Crippen LogP contribution in [-0.2, 0) is 25.5 Å². The molecule has 1 atom stereocenters. The van der Waals surface area contributed by atoms with E-state index in [-0.39, 0.29) is 23.8 Å². The summed E-state index contributed by atoms with van der Waals surface area (Å²) in [7, 11) is 1.25. The fourth-order valence-corrected chi connectivity index (χ4v) is 2.68. The molecule has 6 heteroatoms. The van der Waals surface area contributed by atoms with Crippen molar-refractivity contribution in [3.8, 4) is 0 Å². The Bertz CT molecular complexity index is 679. The second-order valence-electron chi connectivity index (χ2n) is 5.34. The van der Waals surface area contributed by atoms with Crippen molar-refractivity contribution in [2.45, 2.75) is 26.7 Å². The van der Waals surface area contributed by atoms with Crippen LogP contribution < -0.4 is 10.6 Å². The smallest absolute Gasteiger partial charge is 0.336 e. The maximum Gasteiger partial charge on any atom is 0.336 e. The molecule has 0 saturated carbocycles. The molecule has 2 amide bonds. The van der Waals surface area contributed by atoms with E-state index in [0.29, 0.717) is 11.4 Å². The summed E-state index contributed by atoms with van der Waals surface area (Å²) < 4.78 is 4.74. The maximum atomic E-state index is 12.6. The predicted octanol–water partition coefficient (Wildman–Crippen LogP) is 1.77. The number of anilines is 1. The second kappa shape index (κ2) is 7.09. The van der Waals surface area contributed by atoms with E-state index in [1.54, 1.807) is 13.0 Å². The lowest BCUT2D eigenvalue weighted by Gasteiger charge is -2.25. The van der Waals surface area contributed by atoms with Gasteiger partial charge in [-0.3, -0.25) is 9.59 Å². The number of nitrogens with one attached hydrogen (secondary N) is 2. The number of rotatable bonds is 4. The first-order valence-corrected chi connectivity index (χ1v) is 7.45. The van der Waals surface area contributed by atoms with Crippen molar-refractivity contribution in [1.82, 2.24) is 5.32 Å². The molecule has 0 saturated heterocycles. The van der Waals surface area contributed by atoms with Crippen LogP contribution in [0.4, 0.5) is 5.69 Å². The molecule has 1 aromatic rings. The number of esters is 1. The van der Waals surface area contributed by atoms with Crippen LogP contribution in [0.15, 0.2) is 35.5 Å². The number of hydrogen-bond acceptors (Lipinski definition) is 4. The number of aryl methyl sites for hydroxylation is 1. The highest BCUT2D eigenvalue weighted by Crippen LogP contribution is 2.26. The molecule has 0 unspecified atom stereocenters. The van der Waals surface area contributed by atoms with Gasteiger partial charge in [0.15, 0.2) is 0 Å². The first kappa shape index (κ1) is 16.7. The maximum absolute atomic E-state index is 12.6. The van der Waals surface area contributed by atoms with Crippen molar-refractivity contribution in [2.75, 3.05) is 12.4 Å². The minimum absolute atomic E-state index is 0.0814. The van der Waals surface area contributed by atoms with E-state index in [1.165, 1.54) is 7.11 Å². The SMILES string of the molecule is CCc1ccccc1NC(=O)[C@H]1CC(=O)NC(C)=C1C(=O)OC. The molecule has 1 aromatic carbocycles. The van der Waals surface area contributed by atoms with Crippen LogP contribution in [-0.4, -0.2) is 24.9 Å². The van der Waals surface area contributed by atoms with Crippen molar-refractivity contribution in [1.29, 1.82) is 0 Å². The fraction of sp³-hybridized carbons (Fsp3) is 0.353. The third-order valence-corrected chi connectivity index (χ3v) is 3.85. The summed E-state index contributed by atoms with van der Waals surface area (Å²) >= 11 is 0. The Morgan fingerprint density at radius 3 is 2.70 bits per heavy atom. The summed E-state index contributed by atoms with van der Waals surface area (Å²) in [5, 5.41) is 5.40. The third kappa shape index (κ3) is 3.59. The number of amides is 2. The highest BCUT2D eigenvalue weighted by molar-refractivity contribution is 6.06. The van der Waals surface area contributed by atoms with Crippen LogP contribution in [0.2, 0.25) is 0 Å². The number of benzene rings is 1. The molecule has 0 aliphatic carbocycles. The molecule has 0 fully saturated rings. The summed E-state index contributed by atoms with van der Waals surface area (Å²) in [4.78, 5) is 36.3. The average Bonchev–Trinajstić information content (AvgIpc) is 2.54. The molecule has 0 radical (unpaired) electrons. The molecule has 1 heterocycles. The topological polar surface area (TPSA) is 84.5 Å². The molecule has 2 N–H and O–H groups in total. The highest BCUT2D eigenvalue weighted by atomic mass is 16.5. The van der Waals surface area contributed by atoms with Crippen LogP contribution in [0.5, 0.6) is 0 Å². The van der Waals surface area contributed by atoms with E-state index in [0.717, 1.165) is 12.0 Å². The van der Waals surface area contributed by atoms with Crippen molar-refractivity contribution in [2.24, 2.45) is 5.92 Å².